The number of aliphatic carboxylic acids is 1. The van der Waals surface area contributed by atoms with Gasteiger partial charge in [0.2, 0.25) is 0 Å². The summed E-state index contributed by atoms with van der Waals surface area (Å²) < 4.78 is 44.8. The van der Waals surface area contributed by atoms with Crippen molar-refractivity contribution in [2.75, 3.05) is 0 Å². The third kappa shape index (κ3) is 4.32. The van der Waals surface area contributed by atoms with Crippen LogP contribution in [0.2, 0.25) is 0 Å². The van der Waals surface area contributed by atoms with E-state index in [0.717, 1.165) is 18.2 Å². The van der Waals surface area contributed by atoms with Crippen molar-refractivity contribution in [2.24, 2.45) is 0 Å². The summed E-state index contributed by atoms with van der Waals surface area (Å²) in [6, 6.07) is 6.37. The highest BCUT2D eigenvalue weighted by Gasteiger charge is 2.34. The number of carbonyl (C=O) groups is 1. The van der Waals surface area contributed by atoms with Crippen LogP contribution in [0, 0.1) is 0 Å². The van der Waals surface area contributed by atoms with Crippen LogP contribution in [0.25, 0.3) is 6.08 Å². The minimum Gasteiger partial charge on any atom is -0.478 e. The Labute approximate surface area is 129 Å². The molecule has 0 aliphatic carbocycles. The predicted octanol–water partition coefficient (Wildman–Crippen LogP) is 4.38. The van der Waals surface area contributed by atoms with E-state index in [1.165, 1.54) is 37.5 Å². The van der Waals surface area contributed by atoms with E-state index >= 15 is 0 Å². The lowest BCUT2D eigenvalue weighted by Gasteiger charge is -2.14. The van der Waals surface area contributed by atoms with E-state index in [2.05, 4.69) is 4.98 Å². The lowest BCUT2D eigenvalue weighted by Crippen LogP contribution is -2.07. The van der Waals surface area contributed by atoms with E-state index < -0.39 is 17.7 Å². The predicted molar refractivity (Wildman–Crippen MR) is 77.0 cm³/mol. The minimum atomic E-state index is -4.64. The molecule has 23 heavy (non-hydrogen) atoms. The van der Waals surface area contributed by atoms with Crippen LogP contribution >= 0.6 is 0 Å². The molecule has 1 heterocycles. The fourth-order valence-corrected chi connectivity index (χ4v) is 1.79. The number of pyridine rings is 1. The Morgan fingerprint density at radius 1 is 1.30 bits per heavy atom. The van der Waals surface area contributed by atoms with Crippen molar-refractivity contribution in [2.45, 2.75) is 13.1 Å². The molecule has 0 unspecified atom stereocenters. The molecule has 0 bridgehead atoms. The van der Waals surface area contributed by atoms with Crippen LogP contribution in [-0.2, 0) is 11.0 Å². The van der Waals surface area contributed by atoms with E-state index in [0.29, 0.717) is 0 Å². The van der Waals surface area contributed by atoms with Gasteiger partial charge in [-0.3, -0.25) is 4.98 Å². The van der Waals surface area contributed by atoms with Gasteiger partial charge in [0.05, 0.1) is 11.8 Å². The monoisotopic (exact) mass is 323 g/mol. The Morgan fingerprint density at radius 3 is 2.61 bits per heavy atom. The molecule has 0 spiro atoms. The molecule has 4 nitrogen and oxygen atoms in total. The van der Waals surface area contributed by atoms with Crippen LogP contribution in [-0.4, -0.2) is 16.1 Å². The van der Waals surface area contributed by atoms with Crippen molar-refractivity contribution in [3.63, 3.8) is 0 Å². The van der Waals surface area contributed by atoms with Crippen LogP contribution in [0.5, 0.6) is 11.5 Å². The molecule has 0 saturated carbocycles. The molecule has 2 rings (SSSR count). The second kappa shape index (κ2) is 6.51. The normalized spacial score (nSPS) is 12.1. The number of halogens is 3. The zero-order chi connectivity index (χ0) is 17.0. The van der Waals surface area contributed by atoms with Crippen LogP contribution in [0.4, 0.5) is 13.2 Å². The molecule has 1 aromatic heterocycles. The number of aromatic nitrogens is 1. The van der Waals surface area contributed by atoms with Gasteiger partial charge in [-0.25, -0.2) is 4.79 Å². The van der Waals surface area contributed by atoms with Gasteiger partial charge in [-0.1, -0.05) is 6.07 Å². The molecule has 0 fully saturated rings. The molecule has 0 saturated heterocycles. The van der Waals surface area contributed by atoms with Gasteiger partial charge in [0.15, 0.2) is 0 Å². The standard InChI is InChI=1S/C16H12F3NO3/c1-10(15(21)22)7-11-4-5-14(13(8-11)16(17,18)19)23-12-3-2-6-20-9-12/h2-9H,1H3,(H,21,22)/b10-7+. The number of alkyl halides is 3. The first-order chi connectivity index (χ1) is 10.8. The summed E-state index contributed by atoms with van der Waals surface area (Å²) in [4.78, 5) is 14.5. The third-order valence-corrected chi connectivity index (χ3v) is 2.89. The molecular formula is C16H12F3NO3. The van der Waals surface area contributed by atoms with Gasteiger partial charge in [-0.2, -0.15) is 13.2 Å². The van der Waals surface area contributed by atoms with Crippen molar-refractivity contribution in [3.8, 4) is 11.5 Å². The number of ether oxygens (including phenoxy) is 1. The summed E-state index contributed by atoms with van der Waals surface area (Å²) in [7, 11) is 0. The topological polar surface area (TPSA) is 59.4 Å². The van der Waals surface area contributed by atoms with Gasteiger partial charge < -0.3 is 9.84 Å². The van der Waals surface area contributed by atoms with Gasteiger partial charge in [0.1, 0.15) is 11.5 Å². The van der Waals surface area contributed by atoms with Crippen molar-refractivity contribution < 1.29 is 27.8 Å². The van der Waals surface area contributed by atoms with Crippen molar-refractivity contribution in [1.29, 1.82) is 0 Å². The first-order valence-corrected chi connectivity index (χ1v) is 6.48. The molecule has 0 atom stereocenters. The Balaban J connectivity index is 2.44. The fourth-order valence-electron chi connectivity index (χ4n) is 1.79. The van der Waals surface area contributed by atoms with Crippen LogP contribution in [0.15, 0.2) is 48.3 Å². The fraction of sp³-hybridized carbons (Fsp3) is 0.125. The summed E-state index contributed by atoms with van der Waals surface area (Å²) in [5, 5.41) is 8.80. The van der Waals surface area contributed by atoms with Crippen molar-refractivity contribution >= 4 is 12.0 Å². The number of nitrogens with zero attached hydrogens (tertiary/aromatic N) is 1. The largest absolute Gasteiger partial charge is 0.478 e. The smallest absolute Gasteiger partial charge is 0.420 e. The maximum Gasteiger partial charge on any atom is 0.420 e. The molecule has 7 heteroatoms. The lowest BCUT2D eigenvalue weighted by molar-refractivity contribution is -0.138. The third-order valence-electron chi connectivity index (χ3n) is 2.89. The number of carboxylic acids is 1. The number of rotatable bonds is 4. The Morgan fingerprint density at radius 2 is 2.04 bits per heavy atom. The molecule has 1 N–H and O–H groups in total. The molecule has 2 aromatic rings. The minimum absolute atomic E-state index is 0.0703. The number of hydrogen-bond donors (Lipinski definition) is 1. The highest BCUT2D eigenvalue weighted by Crippen LogP contribution is 2.38. The zero-order valence-corrected chi connectivity index (χ0v) is 12.0. The van der Waals surface area contributed by atoms with E-state index in [1.54, 1.807) is 0 Å². The molecule has 0 amide bonds. The van der Waals surface area contributed by atoms with Gasteiger partial charge in [0.25, 0.3) is 0 Å². The number of carboxylic acid groups (broad SMARTS) is 1. The molecule has 0 aliphatic heterocycles. The Hall–Kier alpha value is -2.83. The van der Waals surface area contributed by atoms with Gasteiger partial charge in [-0.05, 0) is 42.8 Å². The van der Waals surface area contributed by atoms with Gasteiger partial charge in [-0.15, -0.1) is 0 Å². The maximum absolute atomic E-state index is 13.2. The lowest BCUT2D eigenvalue weighted by atomic mass is 10.1. The summed E-state index contributed by atoms with van der Waals surface area (Å²) >= 11 is 0. The van der Waals surface area contributed by atoms with E-state index in [-0.39, 0.29) is 22.6 Å². The summed E-state index contributed by atoms with van der Waals surface area (Å²) in [5.41, 5.74) is -0.942. The van der Waals surface area contributed by atoms with Crippen molar-refractivity contribution in [3.05, 3.63) is 59.4 Å². The van der Waals surface area contributed by atoms with E-state index in [4.69, 9.17) is 9.84 Å². The number of benzene rings is 1. The quantitative estimate of drug-likeness (QED) is 0.848. The second-order valence-electron chi connectivity index (χ2n) is 4.68. The van der Waals surface area contributed by atoms with Crippen LogP contribution in [0.3, 0.4) is 0 Å². The average Bonchev–Trinajstić information content (AvgIpc) is 2.48. The Bertz CT molecular complexity index is 740. The number of hydrogen-bond acceptors (Lipinski definition) is 3. The molecule has 1 aromatic carbocycles. The first-order valence-electron chi connectivity index (χ1n) is 6.48. The summed E-state index contributed by atoms with van der Waals surface area (Å²) in [6.07, 6.45) is -0.716. The highest BCUT2D eigenvalue weighted by molar-refractivity contribution is 5.91. The van der Waals surface area contributed by atoms with E-state index in [9.17, 15) is 18.0 Å². The van der Waals surface area contributed by atoms with Crippen molar-refractivity contribution in [1.82, 2.24) is 4.98 Å². The van der Waals surface area contributed by atoms with Crippen LogP contribution < -0.4 is 4.74 Å². The van der Waals surface area contributed by atoms with Gasteiger partial charge in [0, 0.05) is 11.8 Å². The molecule has 120 valence electrons. The molecule has 0 aliphatic rings. The summed E-state index contributed by atoms with van der Waals surface area (Å²) in [5.74, 6) is -1.41. The first kappa shape index (κ1) is 16.5. The SMILES string of the molecule is C/C(=C\c1ccc(Oc2cccnc2)c(C(F)(F)F)c1)C(=O)O. The van der Waals surface area contributed by atoms with E-state index in [1.807, 2.05) is 0 Å². The molecule has 0 radical (unpaired) electrons. The molecular weight excluding hydrogens is 311 g/mol. The Kier molecular flexibility index (Phi) is 4.68. The van der Waals surface area contributed by atoms with Gasteiger partial charge >= 0.3 is 12.1 Å². The highest BCUT2D eigenvalue weighted by atomic mass is 19.4. The zero-order valence-electron chi connectivity index (χ0n) is 12.0. The van der Waals surface area contributed by atoms with Crippen LogP contribution in [0.1, 0.15) is 18.1 Å². The average molecular weight is 323 g/mol. The second-order valence-corrected chi connectivity index (χ2v) is 4.68. The maximum atomic E-state index is 13.2. The summed E-state index contributed by atoms with van der Waals surface area (Å²) in [6.45, 7) is 1.30.